The Hall–Kier alpha value is -2.28. The molecule has 0 atom stereocenters. The normalized spacial score (nSPS) is 12.2. The molecule has 0 radical (unpaired) electrons. The van der Waals surface area contributed by atoms with E-state index in [2.05, 4.69) is 15.5 Å². The molecule has 0 unspecified atom stereocenters. The van der Waals surface area contributed by atoms with E-state index in [4.69, 9.17) is 9.26 Å². The van der Waals surface area contributed by atoms with Crippen LogP contribution in [0.3, 0.4) is 0 Å². The van der Waals surface area contributed by atoms with Gasteiger partial charge >= 0.3 is 0 Å². The average molecular weight is 309 g/mol. The number of halogens is 2. The highest BCUT2D eigenvalue weighted by Gasteiger charge is 2.17. The van der Waals surface area contributed by atoms with Crippen LogP contribution in [0.5, 0.6) is 0 Å². The topological polar surface area (TPSA) is 60.2 Å². The summed E-state index contributed by atoms with van der Waals surface area (Å²) in [6.45, 7) is 4.80. The zero-order chi connectivity index (χ0) is 16.1. The molecule has 0 amide bonds. The fourth-order valence-corrected chi connectivity index (χ4v) is 1.98. The number of nitrogens with zero attached hydrogens (tertiary/aromatic N) is 2. The van der Waals surface area contributed by atoms with E-state index >= 15 is 0 Å². The number of rotatable bonds is 6. The van der Waals surface area contributed by atoms with Gasteiger partial charge in [-0.3, -0.25) is 0 Å². The van der Waals surface area contributed by atoms with Gasteiger partial charge < -0.3 is 14.6 Å². The fourth-order valence-electron chi connectivity index (χ4n) is 1.98. The van der Waals surface area contributed by atoms with E-state index in [1.165, 1.54) is 0 Å². The molecule has 1 aromatic heterocycles. The zero-order valence-electron chi connectivity index (χ0n) is 12.6. The second-order valence-corrected chi connectivity index (χ2v) is 4.67. The minimum absolute atomic E-state index is 0.00683. The lowest BCUT2D eigenvalue weighted by atomic mass is 10.2. The number of benzene rings is 1. The van der Waals surface area contributed by atoms with Crippen molar-refractivity contribution in [2.24, 2.45) is 0 Å². The Morgan fingerprint density at radius 1 is 1.36 bits per heavy atom. The highest BCUT2D eigenvalue weighted by atomic mass is 19.1. The Morgan fingerprint density at radius 3 is 2.82 bits per heavy atom. The van der Waals surface area contributed by atoms with Crippen LogP contribution in [-0.2, 0) is 4.74 Å². The summed E-state index contributed by atoms with van der Waals surface area (Å²) in [5.41, 5.74) is 1.44. The van der Waals surface area contributed by atoms with E-state index in [0.29, 0.717) is 18.8 Å². The molecular formula is C15H17F2N3O2. The summed E-state index contributed by atoms with van der Waals surface area (Å²) in [5, 5.41) is 6.84. The van der Waals surface area contributed by atoms with Gasteiger partial charge in [-0.1, -0.05) is 5.16 Å². The number of hydrogen-bond acceptors (Lipinski definition) is 5. The molecule has 0 aliphatic heterocycles. The van der Waals surface area contributed by atoms with Gasteiger partial charge in [-0.05, 0) is 37.6 Å². The first-order valence-electron chi connectivity index (χ1n) is 6.78. The van der Waals surface area contributed by atoms with E-state index in [9.17, 15) is 8.78 Å². The van der Waals surface area contributed by atoms with Crippen LogP contribution < -0.4 is 5.32 Å². The van der Waals surface area contributed by atoms with Crippen molar-refractivity contribution < 1.29 is 18.0 Å². The van der Waals surface area contributed by atoms with E-state index in [1.807, 2.05) is 13.8 Å². The second-order valence-electron chi connectivity index (χ2n) is 4.67. The third-order valence-corrected chi connectivity index (χ3v) is 2.95. The van der Waals surface area contributed by atoms with Gasteiger partial charge in [0, 0.05) is 13.7 Å². The molecule has 0 aliphatic rings. The predicted molar refractivity (Wildman–Crippen MR) is 77.8 cm³/mol. The molecule has 1 N–H and O–H groups in total. The van der Waals surface area contributed by atoms with Crippen molar-refractivity contribution in [3.63, 3.8) is 0 Å². The Kier molecular flexibility index (Phi) is 5.21. The third-order valence-electron chi connectivity index (χ3n) is 2.95. The third kappa shape index (κ3) is 3.48. The molecule has 0 spiro atoms. The Labute approximate surface area is 127 Å². The maximum atomic E-state index is 13.8. The van der Waals surface area contributed by atoms with Crippen LogP contribution in [0.2, 0.25) is 0 Å². The molecule has 0 saturated heterocycles. The molecule has 7 heteroatoms. The Morgan fingerprint density at radius 2 is 2.14 bits per heavy atom. The SMILES string of the molecule is CCN/C(=C(\C)COC)c1nc(-c2cc(F)ccc2F)no1. The molecule has 0 aliphatic carbocycles. The minimum Gasteiger partial charge on any atom is -0.381 e. The quantitative estimate of drug-likeness (QED) is 0.889. The van der Waals surface area contributed by atoms with Gasteiger partial charge in [0.05, 0.1) is 12.2 Å². The lowest BCUT2D eigenvalue weighted by molar-refractivity contribution is 0.225. The molecule has 0 saturated carbocycles. The number of nitrogens with one attached hydrogen (secondary N) is 1. The van der Waals surface area contributed by atoms with Gasteiger partial charge in [0.2, 0.25) is 5.82 Å². The van der Waals surface area contributed by atoms with Crippen molar-refractivity contribution in [2.45, 2.75) is 13.8 Å². The van der Waals surface area contributed by atoms with Crippen LogP contribution in [0, 0.1) is 11.6 Å². The van der Waals surface area contributed by atoms with Crippen LogP contribution in [-0.4, -0.2) is 30.4 Å². The largest absolute Gasteiger partial charge is 0.381 e. The summed E-state index contributed by atoms with van der Waals surface area (Å²) in [4.78, 5) is 4.14. The Bertz CT molecular complexity index is 683. The predicted octanol–water partition coefficient (Wildman–Crippen LogP) is 3.00. The monoisotopic (exact) mass is 309 g/mol. The first-order valence-corrected chi connectivity index (χ1v) is 6.78. The molecule has 0 fully saturated rings. The maximum absolute atomic E-state index is 13.8. The van der Waals surface area contributed by atoms with Gasteiger partial charge in [-0.15, -0.1) is 0 Å². The minimum atomic E-state index is -0.614. The van der Waals surface area contributed by atoms with E-state index < -0.39 is 11.6 Å². The molecule has 1 aromatic carbocycles. The van der Waals surface area contributed by atoms with E-state index in [0.717, 1.165) is 23.8 Å². The van der Waals surface area contributed by atoms with Crippen molar-refractivity contribution in [3.8, 4) is 11.4 Å². The lowest BCUT2D eigenvalue weighted by Gasteiger charge is -2.08. The summed E-state index contributed by atoms with van der Waals surface area (Å²) in [6, 6.07) is 3.09. The zero-order valence-corrected chi connectivity index (χ0v) is 12.6. The van der Waals surface area contributed by atoms with Crippen molar-refractivity contribution >= 4 is 5.70 Å². The van der Waals surface area contributed by atoms with Crippen LogP contribution in [0.15, 0.2) is 28.3 Å². The second kappa shape index (κ2) is 7.13. The molecule has 2 rings (SSSR count). The summed E-state index contributed by atoms with van der Waals surface area (Å²) < 4.78 is 37.3. The molecule has 0 bridgehead atoms. The lowest BCUT2D eigenvalue weighted by Crippen LogP contribution is -2.14. The highest BCUT2D eigenvalue weighted by molar-refractivity contribution is 5.63. The number of ether oxygens (including phenoxy) is 1. The molecule has 5 nitrogen and oxygen atoms in total. The summed E-state index contributed by atoms with van der Waals surface area (Å²) in [6.07, 6.45) is 0. The van der Waals surface area contributed by atoms with Crippen LogP contribution in [0.1, 0.15) is 19.7 Å². The maximum Gasteiger partial charge on any atom is 0.274 e. The number of aromatic nitrogens is 2. The summed E-state index contributed by atoms with van der Waals surface area (Å²) >= 11 is 0. The standard InChI is InChI=1S/C15H17F2N3O2/c1-4-18-13(9(2)8-21-3)15-19-14(20-22-15)11-7-10(16)5-6-12(11)17/h5-7,18H,4,8H2,1-3H3/b13-9+. The van der Waals surface area contributed by atoms with Gasteiger partial charge in [0.1, 0.15) is 17.3 Å². The first-order chi connectivity index (χ1) is 10.6. The van der Waals surface area contributed by atoms with Crippen molar-refractivity contribution in [3.05, 3.63) is 41.3 Å². The molecular weight excluding hydrogens is 292 g/mol. The first kappa shape index (κ1) is 16.1. The summed E-state index contributed by atoms with van der Waals surface area (Å²) in [5.74, 6) is -0.986. The van der Waals surface area contributed by atoms with E-state index in [-0.39, 0.29) is 17.3 Å². The highest BCUT2D eigenvalue weighted by Crippen LogP contribution is 2.23. The van der Waals surface area contributed by atoms with Gasteiger partial charge in [0.25, 0.3) is 5.89 Å². The van der Waals surface area contributed by atoms with Crippen LogP contribution in [0.4, 0.5) is 8.78 Å². The van der Waals surface area contributed by atoms with Crippen LogP contribution in [0.25, 0.3) is 17.1 Å². The fraction of sp³-hybridized carbons (Fsp3) is 0.333. The molecule has 118 valence electrons. The number of methoxy groups -OCH3 is 1. The van der Waals surface area contributed by atoms with Crippen molar-refractivity contribution in [1.82, 2.24) is 15.5 Å². The summed E-state index contributed by atoms with van der Waals surface area (Å²) in [7, 11) is 1.58. The number of hydrogen-bond donors (Lipinski definition) is 1. The van der Waals surface area contributed by atoms with Gasteiger partial charge in [0.15, 0.2) is 0 Å². The van der Waals surface area contributed by atoms with Gasteiger partial charge in [-0.2, -0.15) is 4.98 Å². The van der Waals surface area contributed by atoms with Crippen LogP contribution >= 0.6 is 0 Å². The smallest absolute Gasteiger partial charge is 0.274 e. The average Bonchev–Trinajstić information content (AvgIpc) is 2.96. The molecule has 1 heterocycles. The Balaban J connectivity index is 2.41. The molecule has 2 aromatic rings. The van der Waals surface area contributed by atoms with Gasteiger partial charge in [-0.25, -0.2) is 8.78 Å². The van der Waals surface area contributed by atoms with Crippen molar-refractivity contribution in [2.75, 3.05) is 20.3 Å². The van der Waals surface area contributed by atoms with E-state index in [1.54, 1.807) is 7.11 Å². The molecule has 22 heavy (non-hydrogen) atoms. The van der Waals surface area contributed by atoms with Crippen molar-refractivity contribution in [1.29, 1.82) is 0 Å².